The van der Waals surface area contributed by atoms with Crippen molar-refractivity contribution in [3.63, 3.8) is 0 Å². The van der Waals surface area contributed by atoms with E-state index < -0.39 is 0 Å². The number of rotatable bonds is 39. The highest BCUT2D eigenvalue weighted by atomic mass is 14.1. The summed E-state index contributed by atoms with van der Waals surface area (Å²) in [4.78, 5) is 0. The van der Waals surface area contributed by atoms with Crippen LogP contribution >= 0.6 is 0 Å². The van der Waals surface area contributed by atoms with Crippen LogP contribution in [0.3, 0.4) is 0 Å². The molecule has 0 heteroatoms. The standard InChI is InChI=1S/C32H66.C32H52/c2*1-27(2)17-13-21-31(7)25-15-23-29(5)19-11-9-10-12-20-30(6)24-16-26-32(8)22-14-18-28(3)4/h27-32H,9-26H2,1-8H3;9-10,17-20,25-26H,11-16,21-24H2,1-8H3/b;10-9+,29-19?,30-20?,31-25+,32-26+. The van der Waals surface area contributed by atoms with Crippen LogP contribution in [-0.2, 0) is 0 Å². The van der Waals surface area contributed by atoms with Crippen molar-refractivity contribution in [2.24, 2.45) is 35.5 Å². The Morgan fingerprint density at radius 3 is 0.812 bits per heavy atom. The molecule has 0 fully saturated rings. The Balaban J connectivity index is 0. The molecule has 4 atom stereocenters. The Morgan fingerprint density at radius 1 is 0.281 bits per heavy atom. The summed E-state index contributed by atoms with van der Waals surface area (Å²) in [5, 5.41) is 0. The quantitative estimate of drug-likeness (QED) is 0.0426. The summed E-state index contributed by atoms with van der Waals surface area (Å²) in [6, 6.07) is 0. The monoisotopic (exact) mass is 887 g/mol. The largest absolute Gasteiger partial charge is 0.0856 e. The molecule has 0 aromatic carbocycles. The van der Waals surface area contributed by atoms with Crippen LogP contribution in [-0.4, -0.2) is 0 Å². The molecule has 374 valence electrons. The lowest BCUT2D eigenvalue weighted by Gasteiger charge is -2.16. The highest BCUT2D eigenvalue weighted by molar-refractivity contribution is 5.09. The van der Waals surface area contributed by atoms with Crippen LogP contribution in [0.15, 0.2) is 82.0 Å². The molecule has 0 N–H and O–H groups in total. The molecule has 0 aromatic heterocycles. The van der Waals surface area contributed by atoms with Gasteiger partial charge in [-0.2, -0.15) is 0 Å². The second kappa shape index (κ2) is 45.0. The van der Waals surface area contributed by atoms with Gasteiger partial charge in [0.2, 0.25) is 0 Å². The van der Waals surface area contributed by atoms with Crippen molar-refractivity contribution in [1.29, 1.82) is 0 Å². The summed E-state index contributed by atoms with van der Waals surface area (Å²) < 4.78 is 0. The molecular formula is C64H118. The average Bonchev–Trinajstić information content (AvgIpc) is 3.20. The first-order chi connectivity index (χ1) is 30.4. The number of hydrogen-bond donors (Lipinski definition) is 0. The van der Waals surface area contributed by atoms with Gasteiger partial charge < -0.3 is 0 Å². The van der Waals surface area contributed by atoms with E-state index in [0.29, 0.717) is 0 Å². The minimum absolute atomic E-state index is 0.878. The minimum Gasteiger partial charge on any atom is -0.0856 e. The van der Waals surface area contributed by atoms with Crippen molar-refractivity contribution in [3.05, 3.63) is 82.0 Å². The van der Waals surface area contributed by atoms with Crippen LogP contribution in [0.4, 0.5) is 0 Å². The first-order valence-corrected chi connectivity index (χ1v) is 27.9. The summed E-state index contributed by atoms with van der Waals surface area (Å²) in [6.45, 7) is 37.1. The van der Waals surface area contributed by atoms with Gasteiger partial charge in [-0.25, -0.2) is 0 Å². The van der Waals surface area contributed by atoms with Crippen molar-refractivity contribution >= 4 is 0 Å². The van der Waals surface area contributed by atoms with Crippen LogP contribution in [0.5, 0.6) is 0 Å². The molecule has 0 aromatic rings. The molecular weight excluding hydrogens is 769 g/mol. The van der Waals surface area contributed by atoms with Gasteiger partial charge in [0.1, 0.15) is 0 Å². The second-order valence-corrected chi connectivity index (χ2v) is 22.8. The first-order valence-electron chi connectivity index (χ1n) is 27.9. The van der Waals surface area contributed by atoms with Gasteiger partial charge in [0, 0.05) is 0 Å². The maximum absolute atomic E-state index is 2.50. The maximum Gasteiger partial charge on any atom is -0.0166 e. The third kappa shape index (κ3) is 51.2. The average molecular weight is 888 g/mol. The Kier molecular flexibility index (Phi) is 45.2. The van der Waals surface area contributed by atoms with Crippen molar-refractivity contribution in [2.45, 2.75) is 291 Å². The highest BCUT2D eigenvalue weighted by Gasteiger charge is 2.09. The normalized spacial score (nSPS) is 14.8. The van der Waals surface area contributed by atoms with Gasteiger partial charge in [-0.3, -0.25) is 0 Å². The second-order valence-electron chi connectivity index (χ2n) is 22.8. The third-order valence-electron chi connectivity index (χ3n) is 13.5. The molecule has 4 unspecified atom stereocenters. The lowest BCUT2D eigenvalue weighted by Crippen LogP contribution is -2.01. The molecule has 0 aliphatic carbocycles. The zero-order valence-corrected chi connectivity index (χ0v) is 46.9. The van der Waals surface area contributed by atoms with E-state index in [4.69, 9.17) is 0 Å². The topological polar surface area (TPSA) is 0 Å². The Morgan fingerprint density at radius 2 is 0.531 bits per heavy atom. The summed E-state index contributed by atoms with van der Waals surface area (Å²) in [5.41, 5.74) is 8.88. The van der Waals surface area contributed by atoms with E-state index in [1.165, 1.54) is 188 Å². The van der Waals surface area contributed by atoms with Crippen molar-refractivity contribution < 1.29 is 0 Å². The fourth-order valence-corrected chi connectivity index (χ4v) is 8.70. The van der Waals surface area contributed by atoms with Gasteiger partial charge in [-0.05, 0) is 155 Å². The SMILES string of the molecule is CC(C)=CCC/C(C)=C/CCC(C)=CC/C=C/CC=C(C)CC/C=C(\C)CCC=C(C)C.CC(C)CCCC(C)CCCC(C)CCCCCCC(C)CCCC(C)CCCC(C)C. The summed E-state index contributed by atoms with van der Waals surface area (Å²) in [5.74, 6) is 5.53. The molecule has 0 radical (unpaired) electrons. The number of hydrogen-bond acceptors (Lipinski definition) is 0. The van der Waals surface area contributed by atoms with Gasteiger partial charge in [0.25, 0.3) is 0 Å². The minimum atomic E-state index is 0.878. The Bertz CT molecular complexity index is 1160. The van der Waals surface area contributed by atoms with Crippen LogP contribution in [0.2, 0.25) is 0 Å². The van der Waals surface area contributed by atoms with Crippen LogP contribution in [0.1, 0.15) is 291 Å². The van der Waals surface area contributed by atoms with Gasteiger partial charge in [-0.1, -0.05) is 253 Å². The van der Waals surface area contributed by atoms with Gasteiger partial charge in [0.05, 0.1) is 0 Å². The fraction of sp³-hybridized carbons (Fsp3) is 0.781. The third-order valence-corrected chi connectivity index (χ3v) is 13.5. The molecule has 0 heterocycles. The van der Waals surface area contributed by atoms with Gasteiger partial charge in [0.15, 0.2) is 0 Å². The molecule has 0 spiro atoms. The van der Waals surface area contributed by atoms with E-state index in [1.807, 2.05) is 0 Å². The van der Waals surface area contributed by atoms with E-state index in [9.17, 15) is 0 Å². The Labute approximate surface area is 406 Å². The Hall–Kier alpha value is -1.82. The van der Waals surface area contributed by atoms with E-state index in [1.54, 1.807) is 0 Å². The van der Waals surface area contributed by atoms with E-state index in [0.717, 1.165) is 61.2 Å². The van der Waals surface area contributed by atoms with Crippen LogP contribution < -0.4 is 0 Å². The molecule has 0 nitrogen and oxygen atoms in total. The van der Waals surface area contributed by atoms with Crippen molar-refractivity contribution in [3.8, 4) is 0 Å². The van der Waals surface area contributed by atoms with Crippen molar-refractivity contribution in [2.75, 3.05) is 0 Å². The molecule has 0 aliphatic heterocycles. The van der Waals surface area contributed by atoms with Crippen LogP contribution in [0.25, 0.3) is 0 Å². The van der Waals surface area contributed by atoms with Crippen molar-refractivity contribution in [1.82, 2.24) is 0 Å². The zero-order chi connectivity index (χ0) is 48.4. The van der Waals surface area contributed by atoms with Crippen LogP contribution in [0, 0.1) is 35.5 Å². The fourth-order valence-electron chi connectivity index (χ4n) is 8.70. The number of unbranched alkanes of at least 4 members (excludes halogenated alkanes) is 3. The summed E-state index contributed by atoms with van der Waals surface area (Å²) >= 11 is 0. The molecule has 0 amide bonds. The lowest BCUT2D eigenvalue weighted by molar-refractivity contribution is 0.377. The van der Waals surface area contributed by atoms with E-state index in [2.05, 4.69) is 159 Å². The molecule has 0 rings (SSSR count). The molecule has 0 saturated carbocycles. The predicted molar refractivity (Wildman–Crippen MR) is 299 cm³/mol. The predicted octanol–water partition coefficient (Wildman–Crippen LogP) is 23.0. The molecule has 0 bridgehead atoms. The first kappa shape index (κ1) is 64.3. The molecule has 64 heavy (non-hydrogen) atoms. The molecule has 0 aliphatic rings. The highest BCUT2D eigenvalue weighted by Crippen LogP contribution is 2.24. The van der Waals surface area contributed by atoms with E-state index >= 15 is 0 Å². The summed E-state index contributed by atoms with van der Waals surface area (Å²) in [6.07, 6.45) is 56.5. The number of allylic oxidation sites excluding steroid dienone is 14. The van der Waals surface area contributed by atoms with Gasteiger partial charge in [-0.15, -0.1) is 0 Å². The maximum atomic E-state index is 2.50. The summed E-state index contributed by atoms with van der Waals surface area (Å²) in [7, 11) is 0. The van der Waals surface area contributed by atoms with Gasteiger partial charge >= 0.3 is 0 Å². The smallest absolute Gasteiger partial charge is 0.0166 e. The van der Waals surface area contributed by atoms with E-state index in [-0.39, 0.29) is 0 Å². The zero-order valence-electron chi connectivity index (χ0n) is 46.9. The molecule has 0 saturated heterocycles. The lowest BCUT2D eigenvalue weighted by atomic mass is 9.91.